The highest BCUT2D eigenvalue weighted by atomic mass is 19.3. The summed E-state index contributed by atoms with van der Waals surface area (Å²) in [6, 6.07) is 4.59. The fourth-order valence-corrected chi connectivity index (χ4v) is 1.75. The minimum absolute atomic E-state index is 0.0158. The molecule has 2 aliphatic rings. The van der Waals surface area contributed by atoms with E-state index < -0.39 is 6.29 Å². The molecule has 2 N–H and O–H groups in total. The van der Waals surface area contributed by atoms with Crippen molar-refractivity contribution in [1.82, 2.24) is 5.32 Å². The maximum atomic E-state index is 12.8. The highest BCUT2D eigenvalue weighted by Crippen LogP contribution is 2.42. The minimum atomic E-state index is -3.62. The third-order valence-corrected chi connectivity index (χ3v) is 2.80. The van der Waals surface area contributed by atoms with Gasteiger partial charge in [-0.15, -0.1) is 8.78 Å². The molecule has 3 rings (SSSR count). The summed E-state index contributed by atoms with van der Waals surface area (Å²) in [5.74, 6) is -0.180. The zero-order valence-corrected chi connectivity index (χ0v) is 9.91. The second-order valence-corrected chi connectivity index (χ2v) is 4.52. The van der Waals surface area contributed by atoms with Crippen molar-refractivity contribution in [3.05, 3.63) is 18.2 Å². The molecule has 1 saturated carbocycles. The summed E-state index contributed by atoms with van der Waals surface area (Å²) in [5, 5.41) is 5.65. The summed E-state index contributed by atoms with van der Waals surface area (Å²) < 4.78 is 34.2. The third kappa shape index (κ3) is 2.86. The molecule has 1 fully saturated rings. The van der Waals surface area contributed by atoms with E-state index in [4.69, 9.17) is 0 Å². The largest absolute Gasteiger partial charge is 0.586 e. The van der Waals surface area contributed by atoms with Crippen molar-refractivity contribution in [3.8, 4) is 11.5 Å². The highest BCUT2D eigenvalue weighted by Gasteiger charge is 2.43. The number of carbonyl (C=O) groups excluding carboxylic acids is 1. The van der Waals surface area contributed by atoms with Crippen molar-refractivity contribution in [1.29, 1.82) is 0 Å². The molecule has 19 heavy (non-hydrogen) atoms. The van der Waals surface area contributed by atoms with Gasteiger partial charge in [0.2, 0.25) is 5.91 Å². The van der Waals surface area contributed by atoms with Gasteiger partial charge >= 0.3 is 6.29 Å². The number of hydrogen-bond acceptors (Lipinski definition) is 4. The normalized spacial score (nSPS) is 19.1. The summed E-state index contributed by atoms with van der Waals surface area (Å²) >= 11 is 0. The monoisotopic (exact) mass is 270 g/mol. The van der Waals surface area contributed by atoms with Crippen molar-refractivity contribution in [2.45, 2.75) is 25.2 Å². The van der Waals surface area contributed by atoms with Crippen LogP contribution in [0.25, 0.3) is 0 Å². The number of ether oxygens (including phenoxy) is 2. The van der Waals surface area contributed by atoms with Crippen LogP contribution >= 0.6 is 0 Å². The average molecular weight is 270 g/mol. The first-order chi connectivity index (χ1) is 9.02. The molecule has 1 aliphatic heterocycles. The summed E-state index contributed by atoms with van der Waals surface area (Å²) in [5.41, 5.74) is 0.519. The number of hydrogen-bond donors (Lipinski definition) is 2. The van der Waals surface area contributed by atoms with E-state index in [-0.39, 0.29) is 24.0 Å². The maximum absolute atomic E-state index is 12.8. The van der Waals surface area contributed by atoms with Crippen LogP contribution in [0.3, 0.4) is 0 Å². The molecule has 1 aromatic carbocycles. The average Bonchev–Trinajstić information content (AvgIpc) is 3.07. The summed E-state index contributed by atoms with van der Waals surface area (Å²) in [6.45, 7) is 0.0898. The summed E-state index contributed by atoms with van der Waals surface area (Å²) in [6.07, 6.45) is -1.58. The van der Waals surface area contributed by atoms with E-state index in [1.807, 2.05) is 0 Å². The lowest BCUT2D eigenvalue weighted by Crippen LogP contribution is -2.31. The number of amides is 1. The fourth-order valence-electron chi connectivity index (χ4n) is 1.75. The van der Waals surface area contributed by atoms with E-state index in [9.17, 15) is 13.6 Å². The topological polar surface area (TPSA) is 59.6 Å². The highest BCUT2D eigenvalue weighted by molar-refractivity contribution is 5.81. The van der Waals surface area contributed by atoms with Crippen LogP contribution in [0.1, 0.15) is 12.8 Å². The van der Waals surface area contributed by atoms with Gasteiger partial charge in [-0.2, -0.15) is 0 Å². The van der Waals surface area contributed by atoms with E-state index in [0.717, 1.165) is 12.8 Å². The molecule has 1 aliphatic carbocycles. The Hall–Kier alpha value is -2.05. The van der Waals surface area contributed by atoms with Crippen LogP contribution in [-0.4, -0.2) is 24.8 Å². The van der Waals surface area contributed by atoms with Gasteiger partial charge in [0, 0.05) is 17.8 Å². The Morgan fingerprint density at radius 1 is 1.32 bits per heavy atom. The Kier molecular flexibility index (Phi) is 2.69. The lowest BCUT2D eigenvalue weighted by Gasteiger charge is -2.07. The van der Waals surface area contributed by atoms with Gasteiger partial charge in [0.1, 0.15) is 0 Å². The molecule has 0 saturated heterocycles. The molecule has 0 bridgehead atoms. The van der Waals surface area contributed by atoms with E-state index >= 15 is 0 Å². The second kappa shape index (κ2) is 4.25. The molecule has 102 valence electrons. The first kappa shape index (κ1) is 12.0. The number of fused-ring (bicyclic) bond motifs is 1. The third-order valence-electron chi connectivity index (χ3n) is 2.80. The number of benzene rings is 1. The zero-order valence-electron chi connectivity index (χ0n) is 9.91. The van der Waals surface area contributed by atoms with E-state index in [1.165, 1.54) is 12.1 Å². The first-order valence-electron chi connectivity index (χ1n) is 5.95. The van der Waals surface area contributed by atoms with Gasteiger partial charge in [0.25, 0.3) is 0 Å². The molecule has 0 aromatic heterocycles. The van der Waals surface area contributed by atoms with Crippen LogP contribution in [0.15, 0.2) is 18.2 Å². The van der Waals surface area contributed by atoms with Gasteiger partial charge in [0.05, 0.1) is 6.54 Å². The van der Waals surface area contributed by atoms with E-state index in [2.05, 4.69) is 20.1 Å². The smallest absolute Gasteiger partial charge is 0.395 e. The zero-order chi connectivity index (χ0) is 13.5. The van der Waals surface area contributed by atoms with Gasteiger partial charge in [-0.05, 0) is 25.0 Å². The number of alkyl halides is 2. The van der Waals surface area contributed by atoms with Crippen LogP contribution in [0.4, 0.5) is 14.5 Å². The first-order valence-corrected chi connectivity index (χ1v) is 5.95. The van der Waals surface area contributed by atoms with Crippen LogP contribution in [0.2, 0.25) is 0 Å². The van der Waals surface area contributed by atoms with Crippen molar-refractivity contribution in [2.75, 3.05) is 11.9 Å². The molecule has 1 amide bonds. The fraction of sp³-hybridized carbons (Fsp3) is 0.417. The van der Waals surface area contributed by atoms with E-state index in [1.54, 1.807) is 6.07 Å². The van der Waals surface area contributed by atoms with Crippen molar-refractivity contribution in [3.63, 3.8) is 0 Å². The van der Waals surface area contributed by atoms with Gasteiger partial charge in [0.15, 0.2) is 11.5 Å². The summed E-state index contributed by atoms with van der Waals surface area (Å²) in [4.78, 5) is 11.5. The molecule has 1 heterocycles. The Labute approximate surface area is 107 Å². The number of rotatable bonds is 4. The second-order valence-electron chi connectivity index (χ2n) is 4.52. The van der Waals surface area contributed by atoms with Crippen molar-refractivity contribution >= 4 is 11.6 Å². The molecular formula is C12H12F2N2O3. The van der Waals surface area contributed by atoms with Gasteiger partial charge in [-0.3, -0.25) is 4.79 Å². The Balaban J connectivity index is 1.59. The van der Waals surface area contributed by atoms with E-state index in [0.29, 0.717) is 11.7 Å². The van der Waals surface area contributed by atoms with Crippen molar-refractivity contribution in [2.24, 2.45) is 0 Å². The van der Waals surface area contributed by atoms with Gasteiger partial charge in [-0.25, -0.2) is 0 Å². The predicted molar refractivity (Wildman–Crippen MR) is 62.3 cm³/mol. The Morgan fingerprint density at radius 2 is 2.05 bits per heavy atom. The Bertz CT molecular complexity index is 518. The molecular weight excluding hydrogens is 258 g/mol. The molecule has 7 heteroatoms. The number of halogens is 2. The standard InChI is InChI=1S/C12H12F2N2O3/c13-12(14)18-9-4-3-8(5-10(9)19-12)15-6-11(17)16-7-1-2-7/h3-5,7,15H,1-2,6H2,(H,16,17). The van der Waals surface area contributed by atoms with Crippen LogP contribution in [0.5, 0.6) is 11.5 Å². The minimum Gasteiger partial charge on any atom is -0.395 e. The number of nitrogens with one attached hydrogen (secondary N) is 2. The lowest BCUT2D eigenvalue weighted by molar-refractivity contribution is -0.286. The lowest BCUT2D eigenvalue weighted by atomic mass is 10.3. The molecule has 0 radical (unpaired) electrons. The number of anilines is 1. The molecule has 0 atom stereocenters. The maximum Gasteiger partial charge on any atom is 0.586 e. The van der Waals surface area contributed by atoms with Gasteiger partial charge < -0.3 is 20.1 Å². The predicted octanol–water partition coefficient (Wildman–Crippen LogP) is 1.70. The van der Waals surface area contributed by atoms with Gasteiger partial charge in [-0.1, -0.05) is 0 Å². The molecule has 1 aromatic rings. The van der Waals surface area contributed by atoms with Crippen LogP contribution in [-0.2, 0) is 4.79 Å². The molecule has 5 nitrogen and oxygen atoms in total. The van der Waals surface area contributed by atoms with Crippen LogP contribution < -0.4 is 20.1 Å². The van der Waals surface area contributed by atoms with Crippen molar-refractivity contribution < 1.29 is 23.0 Å². The summed E-state index contributed by atoms with van der Waals surface area (Å²) in [7, 11) is 0. The van der Waals surface area contributed by atoms with Crippen LogP contribution in [0, 0.1) is 0 Å². The Morgan fingerprint density at radius 3 is 2.79 bits per heavy atom. The molecule has 0 unspecified atom stereocenters. The SMILES string of the molecule is O=C(CNc1ccc2c(c1)OC(F)(F)O2)NC1CC1. The molecule has 0 spiro atoms. The number of carbonyl (C=O) groups is 1. The quantitative estimate of drug-likeness (QED) is 0.874.